The Kier molecular flexibility index (Phi) is 34.4. The van der Waals surface area contributed by atoms with Crippen molar-refractivity contribution in [1.82, 2.24) is 0 Å². The summed E-state index contributed by atoms with van der Waals surface area (Å²) in [5.74, 6) is 0. The van der Waals surface area contributed by atoms with E-state index in [0.29, 0.717) is 0 Å². The second-order valence-electron chi connectivity index (χ2n) is 5.51. The molecule has 0 amide bonds. The minimum absolute atomic E-state index is 0. The van der Waals surface area contributed by atoms with Gasteiger partial charge in [-0.25, -0.2) is 0 Å². The van der Waals surface area contributed by atoms with Crippen LogP contribution in [0.4, 0.5) is 0 Å². The van der Waals surface area contributed by atoms with Crippen molar-refractivity contribution in [3.05, 3.63) is 0 Å². The first-order chi connectivity index (χ1) is 12.1. The van der Waals surface area contributed by atoms with Crippen molar-refractivity contribution < 1.29 is 197 Å². The zero-order valence-corrected chi connectivity index (χ0v) is 30.4. The zero-order chi connectivity index (χ0) is 23.2. The molecule has 0 rings (SSSR count). The Bertz CT molecular complexity index is 610. The molecule has 0 atom stereocenters. The van der Waals surface area contributed by atoms with Gasteiger partial charge >= 0.3 is 149 Å². The number of hydrogen-bond donors (Lipinski definition) is 12. The van der Waals surface area contributed by atoms with E-state index >= 15 is 0 Å². The van der Waals surface area contributed by atoms with Crippen LogP contribution in [0.5, 0.6) is 0 Å². The molecular weight excluding hydrogens is 580 g/mol. The quantitative estimate of drug-likeness (QED) is 0.0804. The van der Waals surface area contributed by atoms with Crippen LogP contribution in [-0.2, 0) is 18.3 Å². The SMILES string of the molecule is NCCCC(O)(P(=O)(O)O)P(=O)(O)O.NCCCC(O)(P(=O)(O)O)P(=O)(O)O.O.[H-].[H-].[H-].[H-].[Na+].[Na+].[Na+].[Na+]. The van der Waals surface area contributed by atoms with Crippen LogP contribution in [0.25, 0.3) is 0 Å². The topological polar surface area (TPSA) is 354 Å². The van der Waals surface area contributed by atoms with Crippen LogP contribution in [0.2, 0.25) is 0 Å². The molecule has 25 heteroatoms. The van der Waals surface area contributed by atoms with Crippen molar-refractivity contribution in [3.63, 3.8) is 0 Å². The van der Waals surface area contributed by atoms with E-state index in [4.69, 9.17) is 50.6 Å². The Morgan fingerprint density at radius 1 is 0.545 bits per heavy atom. The summed E-state index contributed by atoms with van der Waals surface area (Å²) in [5, 5.41) is 11.8. The Morgan fingerprint density at radius 2 is 0.697 bits per heavy atom. The summed E-state index contributed by atoms with van der Waals surface area (Å²) >= 11 is 0. The minimum atomic E-state index is -5.30. The molecule has 17 nitrogen and oxygen atoms in total. The Hall–Kier alpha value is 4.40. The van der Waals surface area contributed by atoms with Crippen LogP contribution in [0.15, 0.2) is 0 Å². The molecule has 0 saturated heterocycles. The molecule has 0 bridgehead atoms. The zero-order valence-electron chi connectivity index (χ0n) is 22.8. The number of hydrogen-bond acceptors (Lipinski definition) is 8. The van der Waals surface area contributed by atoms with Gasteiger partial charge in [-0.1, -0.05) is 0 Å². The summed E-state index contributed by atoms with van der Waals surface area (Å²) in [5.41, 5.74) is 10.0. The van der Waals surface area contributed by atoms with Gasteiger partial charge in [0, 0.05) is 12.8 Å². The van der Waals surface area contributed by atoms with Crippen molar-refractivity contribution in [1.29, 1.82) is 0 Å². The minimum Gasteiger partial charge on any atom is -1.00 e. The number of aliphatic hydroxyl groups is 2. The van der Waals surface area contributed by atoms with Crippen molar-refractivity contribution in [3.8, 4) is 0 Å². The van der Waals surface area contributed by atoms with Gasteiger partial charge < -0.3 is 72.0 Å². The van der Waals surface area contributed by atoms with Gasteiger partial charge in [-0.15, -0.1) is 0 Å². The van der Waals surface area contributed by atoms with Crippen LogP contribution in [-0.4, -0.2) is 78.1 Å². The summed E-state index contributed by atoms with van der Waals surface area (Å²) in [4.78, 5) is 69.0. The molecule has 0 fully saturated rings. The molecular formula is C8H32N2Na4O15P4. The summed E-state index contributed by atoms with van der Waals surface area (Å²) in [6, 6.07) is 0. The van der Waals surface area contributed by atoms with E-state index in [1.807, 2.05) is 0 Å². The second-order valence-corrected chi connectivity index (χ2v) is 13.5. The molecule has 188 valence electrons. The van der Waals surface area contributed by atoms with Crippen molar-refractivity contribution in [2.24, 2.45) is 11.5 Å². The standard InChI is InChI=1S/2C4H13NO7P2.4Na.H2O.4H/c2*5-3-1-2-4(6,13(7,8)9)14(10,11)12;;;;;;;;;/h2*6H,1-3,5H2,(H2,7,8,9)(H2,10,11,12);;;;;1H2;;;;/q;;4*+1;;4*-1. The fourth-order valence-corrected chi connectivity index (χ4v) is 6.11. The molecule has 0 aliphatic rings. The molecule has 0 aromatic heterocycles. The van der Waals surface area contributed by atoms with E-state index in [-0.39, 0.29) is 155 Å². The van der Waals surface area contributed by atoms with Crippen LogP contribution in [0.3, 0.4) is 0 Å². The third-order valence-electron chi connectivity index (χ3n) is 3.30. The first-order valence-corrected chi connectivity index (χ1v) is 13.6. The second kappa shape index (κ2) is 21.2. The van der Waals surface area contributed by atoms with E-state index in [1.165, 1.54) is 0 Å². The maximum absolute atomic E-state index is 10.7. The maximum Gasteiger partial charge on any atom is 1.00 e. The Balaban J connectivity index is -0.0000000327. The average molecular weight is 612 g/mol. The molecule has 33 heavy (non-hydrogen) atoms. The Morgan fingerprint density at radius 3 is 0.788 bits per heavy atom. The van der Waals surface area contributed by atoms with Gasteiger partial charge in [0.2, 0.25) is 0 Å². The van der Waals surface area contributed by atoms with Crippen molar-refractivity contribution in [2.75, 3.05) is 13.1 Å². The molecule has 0 aromatic rings. The van der Waals surface area contributed by atoms with E-state index in [1.54, 1.807) is 0 Å². The summed E-state index contributed by atoms with van der Waals surface area (Å²) in [6.07, 6.45) is -1.71. The molecule has 0 aromatic carbocycles. The van der Waals surface area contributed by atoms with Gasteiger partial charge in [-0.2, -0.15) is 0 Å². The molecule has 0 aliphatic heterocycles. The van der Waals surface area contributed by atoms with Gasteiger partial charge in [0.05, 0.1) is 0 Å². The molecule has 0 radical (unpaired) electrons. The van der Waals surface area contributed by atoms with Crippen LogP contribution < -0.4 is 130 Å². The van der Waals surface area contributed by atoms with E-state index in [2.05, 4.69) is 0 Å². The van der Waals surface area contributed by atoms with Gasteiger partial charge in [0.25, 0.3) is 10.2 Å². The number of nitrogens with two attached hydrogens (primary N) is 2. The van der Waals surface area contributed by atoms with E-state index in [0.717, 1.165) is 0 Å². The fraction of sp³-hybridized carbons (Fsp3) is 1.00. The van der Waals surface area contributed by atoms with Crippen molar-refractivity contribution >= 4 is 30.4 Å². The smallest absolute Gasteiger partial charge is 1.00 e. The van der Waals surface area contributed by atoms with Crippen LogP contribution in [0, 0.1) is 0 Å². The molecule has 0 aliphatic carbocycles. The molecule has 0 saturated carbocycles. The largest absolute Gasteiger partial charge is 1.00 e. The normalized spacial score (nSPS) is 12.2. The summed E-state index contributed by atoms with van der Waals surface area (Å²) in [6.45, 7) is -0.0788. The molecule has 0 unspecified atom stereocenters. The fourth-order valence-electron chi connectivity index (χ4n) is 1.60. The van der Waals surface area contributed by atoms with Crippen LogP contribution >= 0.6 is 30.4 Å². The van der Waals surface area contributed by atoms with E-state index in [9.17, 15) is 28.5 Å². The van der Waals surface area contributed by atoms with Crippen LogP contribution in [0.1, 0.15) is 31.4 Å². The monoisotopic (exact) mass is 612 g/mol. The first-order valence-electron chi connectivity index (χ1n) is 7.20. The van der Waals surface area contributed by atoms with Gasteiger partial charge in [-0.05, 0) is 25.9 Å². The predicted molar refractivity (Wildman–Crippen MR) is 103 cm³/mol. The van der Waals surface area contributed by atoms with Gasteiger partial charge in [-0.3, -0.25) is 18.3 Å². The van der Waals surface area contributed by atoms with E-state index < -0.39 is 53.4 Å². The summed E-state index contributed by atoms with van der Waals surface area (Å²) < 4.78 is 42.9. The molecule has 16 N–H and O–H groups in total. The van der Waals surface area contributed by atoms with Crippen molar-refractivity contribution in [2.45, 2.75) is 35.8 Å². The maximum atomic E-state index is 10.7. The van der Waals surface area contributed by atoms with Gasteiger partial charge in [0.15, 0.2) is 0 Å². The Labute approximate surface area is 284 Å². The third-order valence-corrected chi connectivity index (χ3v) is 11.1. The third kappa shape index (κ3) is 17.0. The number of rotatable bonds is 10. The molecule has 0 spiro atoms. The predicted octanol–water partition coefficient (Wildman–Crippen LogP) is -14.9. The first kappa shape index (κ1) is 53.6. The average Bonchev–Trinajstić information content (AvgIpc) is 2.46. The van der Waals surface area contributed by atoms with Gasteiger partial charge in [0.1, 0.15) is 0 Å². The molecule has 0 heterocycles. The summed E-state index contributed by atoms with van der Waals surface area (Å²) in [7, 11) is -21.2.